The molecule has 4 heteroatoms. The number of benzene rings is 1. The second-order valence-corrected chi connectivity index (χ2v) is 3.29. The third kappa shape index (κ3) is 2.09. The third-order valence-corrected chi connectivity index (χ3v) is 2.20. The molecular weight excluding hydrogens is 186 g/mol. The van der Waals surface area contributed by atoms with Crippen molar-refractivity contribution in [1.82, 2.24) is 4.90 Å². The summed E-state index contributed by atoms with van der Waals surface area (Å²) in [5.41, 5.74) is 0.472. The first kappa shape index (κ1) is 9.80. The second-order valence-electron chi connectivity index (χ2n) is 2.90. The van der Waals surface area contributed by atoms with Crippen LogP contribution in [0.1, 0.15) is 5.56 Å². The Balaban J connectivity index is 3.13. The molecule has 0 aromatic heterocycles. The number of rotatable bonds is 1. The van der Waals surface area contributed by atoms with Gasteiger partial charge in [-0.2, -0.15) is 0 Å². The minimum Gasteiger partial charge on any atom is -0.508 e. The van der Waals surface area contributed by atoms with Crippen LogP contribution in [-0.2, 0) is 0 Å². The number of phenols is 2. The summed E-state index contributed by atoms with van der Waals surface area (Å²) in [6.07, 6.45) is 0. The largest absolute Gasteiger partial charge is 0.508 e. The van der Waals surface area contributed by atoms with E-state index in [2.05, 4.69) is 0 Å². The van der Waals surface area contributed by atoms with Crippen LogP contribution in [0.5, 0.6) is 11.5 Å². The molecule has 0 unspecified atom stereocenters. The molecule has 1 aromatic carbocycles. The Kier molecular flexibility index (Phi) is 2.72. The van der Waals surface area contributed by atoms with Crippen LogP contribution < -0.4 is 0 Å². The lowest BCUT2D eigenvalue weighted by Crippen LogP contribution is -2.20. The van der Waals surface area contributed by atoms with E-state index in [0.717, 1.165) is 0 Å². The maximum atomic E-state index is 9.43. The fourth-order valence-electron chi connectivity index (χ4n) is 0.936. The lowest BCUT2D eigenvalue weighted by Gasteiger charge is -2.14. The van der Waals surface area contributed by atoms with Gasteiger partial charge in [0.25, 0.3) is 0 Å². The van der Waals surface area contributed by atoms with Crippen LogP contribution in [0.2, 0.25) is 0 Å². The van der Waals surface area contributed by atoms with Gasteiger partial charge >= 0.3 is 0 Å². The van der Waals surface area contributed by atoms with E-state index >= 15 is 0 Å². The van der Waals surface area contributed by atoms with Crippen molar-refractivity contribution in [2.45, 2.75) is 0 Å². The molecule has 0 saturated heterocycles. The van der Waals surface area contributed by atoms with Gasteiger partial charge < -0.3 is 15.1 Å². The highest BCUT2D eigenvalue weighted by atomic mass is 32.1. The number of thiocarbonyl (C=S) groups is 1. The molecule has 0 aliphatic rings. The van der Waals surface area contributed by atoms with E-state index in [1.165, 1.54) is 18.2 Å². The summed E-state index contributed by atoms with van der Waals surface area (Å²) >= 11 is 5.05. The highest BCUT2D eigenvalue weighted by Gasteiger charge is 2.09. The van der Waals surface area contributed by atoms with Gasteiger partial charge in [0, 0.05) is 14.1 Å². The average Bonchev–Trinajstić information content (AvgIpc) is 2.08. The van der Waals surface area contributed by atoms with Crippen LogP contribution in [0.25, 0.3) is 0 Å². The number of aromatic hydroxyl groups is 2. The Morgan fingerprint density at radius 3 is 2.46 bits per heavy atom. The Bertz CT molecular complexity index is 336. The van der Waals surface area contributed by atoms with Crippen molar-refractivity contribution in [2.24, 2.45) is 0 Å². The van der Waals surface area contributed by atoms with Gasteiger partial charge in [0.2, 0.25) is 0 Å². The van der Waals surface area contributed by atoms with Gasteiger partial charge in [-0.3, -0.25) is 0 Å². The Morgan fingerprint density at radius 1 is 1.31 bits per heavy atom. The Morgan fingerprint density at radius 2 is 1.92 bits per heavy atom. The Labute approximate surface area is 82.2 Å². The predicted molar refractivity (Wildman–Crippen MR) is 55.2 cm³/mol. The van der Waals surface area contributed by atoms with E-state index in [9.17, 15) is 10.2 Å². The smallest absolute Gasteiger partial charge is 0.126 e. The van der Waals surface area contributed by atoms with Gasteiger partial charge in [0.15, 0.2) is 0 Å². The van der Waals surface area contributed by atoms with E-state index in [-0.39, 0.29) is 11.5 Å². The molecule has 2 N–H and O–H groups in total. The Hall–Kier alpha value is -1.29. The molecular formula is C9H11NO2S. The molecule has 0 radical (unpaired) electrons. The van der Waals surface area contributed by atoms with E-state index in [4.69, 9.17) is 12.2 Å². The molecule has 1 aromatic rings. The van der Waals surface area contributed by atoms with Crippen LogP contribution in [-0.4, -0.2) is 34.2 Å². The number of hydrogen-bond donors (Lipinski definition) is 2. The molecule has 0 saturated carbocycles. The van der Waals surface area contributed by atoms with Gasteiger partial charge in [0.1, 0.15) is 16.5 Å². The summed E-state index contributed by atoms with van der Waals surface area (Å²) in [4.78, 5) is 2.19. The van der Waals surface area contributed by atoms with Crippen LogP contribution in [0.3, 0.4) is 0 Å². The van der Waals surface area contributed by atoms with Crippen molar-refractivity contribution >= 4 is 17.2 Å². The first-order valence-corrected chi connectivity index (χ1v) is 4.17. The van der Waals surface area contributed by atoms with Crippen LogP contribution in [0.15, 0.2) is 18.2 Å². The lowest BCUT2D eigenvalue weighted by molar-refractivity contribution is 0.458. The average molecular weight is 197 g/mol. The molecule has 1 rings (SSSR count). The van der Waals surface area contributed by atoms with Crippen molar-refractivity contribution in [3.63, 3.8) is 0 Å². The first-order valence-electron chi connectivity index (χ1n) is 3.76. The van der Waals surface area contributed by atoms with Crippen LogP contribution in [0, 0.1) is 0 Å². The zero-order valence-corrected chi connectivity index (χ0v) is 8.30. The molecule has 3 nitrogen and oxygen atoms in total. The highest BCUT2D eigenvalue weighted by Crippen LogP contribution is 2.23. The third-order valence-electron chi connectivity index (χ3n) is 1.62. The van der Waals surface area contributed by atoms with Crippen LogP contribution >= 0.6 is 12.2 Å². The van der Waals surface area contributed by atoms with Gasteiger partial charge in [-0.25, -0.2) is 0 Å². The molecule has 0 atom stereocenters. The molecule has 0 spiro atoms. The maximum absolute atomic E-state index is 9.43. The van der Waals surface area contributed by atoms with Gasteiger partial charge in [-0.15, -0.1) is 0 Å². The van der Waals surface area contributed by atoms with Gasteiger partial charge in [-0.1, -0.05) is 12.2 Å². The topological polar surface area (TPSA) is 43.7 Å². The van der Waals surface area contributed by atoms with Crippen molar-refractivity contribution in [3.05, 3.63) is 23.8 Å². The van der Waals surface area contributed by atoms with E-state index in [1.807, 2.05) is 0 Å². The zero-order chi connectivity index (χ0) is 10.0. The molecule has 0 bridgehead atoms. The second kappa shape index (κ2) is 3.62. The fraction of sp³-hybridized carbons (Fsp3) is 0.222. The summed E-state index contributed by atoms with van der Waals surface area (Å²) in [6.45, 7) is 0. The molecule has 13 heavy (non-hydrogen) atoms. The van der Waals surface area contributed by atoms with E-state index < -0.39 is 0 Å². The van der Waals surface area contributed by atoms with Crippen molar-refractivity contribution in [1.29, 1.82) is 0 Å². The molecule has 0 fully saturated rings. The van der Waals surface area contributed by atoms with E-state index in [1.54, 1.807) is 19.0 Å². The van der Waals surface area contributed by atoms with Crippen molar-refractivity contribution in [3.8, 4) is 11.5 Å². The summed E-state index contributed by atoms with van der Waals surface area (Å²) < 4.78 is 0. The minimum absolute atomic E-state index is 0.0801. The normalized spacial score (nSPS) is 9.69. The minimum atomic E-state index is 0.0801. The summed E-state index contributed by atoms with van der Waals surface area (Å²) in [5.74, 6) is 0.175. The monoisotopic (exact) mass is 197 g/mol. The van der Waals surface area contributed by atoms with Crippen molar-refractivity contribution in [2.75, 3.05) is 14.1 Å². The number of nitrogens with zero attached hydrogens (tertiary/aromatic N) is 1. The van der Waals surface area contributed by atoms with E-state index in [0.29, 0.717) is 10.6 Å². The number of phenolic OH excluding ortho intramolecular Hbond substituents is 2. The molecule has 0 heterocycles. The van der Waals surface area contributed by atoms with Crippen molar-refractivity contribution < 1.29 is 10.2 Å². The summed E-state index contributed by atoms with van der Waals surface area (Å²) in [6, 6.07) is 4.27. The SMILES string of the molecule is CN(C)C(=S)c1cc(O)ccc1O. The lowest BCUT2D eigenvalue weighted by atomic mass is 10.2. The van der Waals surface area contributed by atoms with Crippen LogP contribution in [0.4, 0.5) is 0 Å². The maximum Gasteiger partial charge on any atom is 0.126 e. The molecule has 0 aliphatic carbocycles. The fourth-order valence-corrected chi connectivity index (χ4v) is 1.10. The quantitative estimate of drug-likeness (QED) is 0.526. The van der Waals surface area contributed by atoms with Gasteiger partial charge in [-0.05, 0) is 18.2 Å². The summed E-state index contributed by atoms with van der Waals surface area (Å²) in [7, 11) is 3.57. The molecule has 0 amide bonds. The number of hydrogen-bond acceptors (Lipinski definition) is 3. The summed E-state index contributed by atoms with van der Waals surface area (Å²) in [5, 5.41) is 18.6. The highest BCUT2D eigenvalue weighted by molar-refractivity contribution is 7.80. The standard InChI is InChI=1S/C9H11NO2S/c1-10(2)9(13)7-5-6(11)3-4-8(7)12/h3-5,11-12H,1-2H3. The first-order chi connectivity index (χ1) is 6.02. The van der Waals surface area contributed by atoms with Gasteiger partial charge in [0.05, 0.1) is 5.56 Å². The zero-order valence-electron chi connectivity index (χ0n) is 7.48. The predicted octanol–water partition coefficient (Wildman–Crippen LogP) is 1.33. The molecule has 70 valence electrons. The molecule has 0 aliphatic heterocycles.